The minimum absolute atomic E-state index is 0.220. The minimum Gasteiger partial charge on any atom is -0.505 e. The van der Waals surface area contributed by atoms with Gasteiger partial charge in [-0.15, -0.1) is 15.0 Å². The van der Waals surface area contributed by atoms with Gasteiger partial charge in [0.25, 0.3) is 0 Å². The molecule has 0 spiro atoms. The monoisotopic (exact) mass is 363 g/mol. The fourth-order valence-electron chi connectivity index (χ4n) is 3.10. The van der Waals surface area contributed by atoms with E-state index in [1.165, 1.54) is 10.4 Å². The van der Waals surface area contributed by atoms with Gasteiger partial charge in [0, 0.05) is 5.02 Å². The molecule has 0 fully saturated rings. The molecule has 0 radical (unpaired) electrons. The molecule has 0 aliphatic heterocycles. The molecule has 4 nitrogen and oxygen atoms in total. The first kappa shape index (κ1) is 16.6. The van der Waals surface area contributed by atoms with Gasteiger partial charge in [0.15, 0.2) is 0 Å². The summed E-state index contributed by atoms with van der Waals surface area (Å²) in [6.07, 6.45) is 1.61. The fourth-order valence-corrected chi connectivity index (χ4v) is 3.26. The number of aromatic hydroxyl groups is 1. The van der Waals surface area contributed by atoms with E-state index in [4.69, 9.17) is 11.6 Å². The second kappa shape index (κ2) is 6.81. The van der Waals surface area contributed by atoms with E-state index in [0.29, 0.717) is 16.2 Å². The van der Waals surface area contributed by atoms with Crippen LogP contribution >= 0.6 is 11.6 Å². The fraction of sp³-hybridized carbons (Fsp3) is 0.143. The van der Waals surface area contributed by atoms with Gasteiger partial charge < -0.3 is 5.11 Å². The molecule has 4 aromatic rings. The zero-order valence-corrected chi connectivity index (χ0v) is 15.1. The maximum absolute atomic E-state index is 10.8. The zero-order valence-electron chi connectivity index (χ0n) is 14.4. The van der Waals surface area contributed by atoms with E-state index in [2.05, 4.69) is 22.3 Å². The predicted molar refractivity (Wildman–Crippen MR) is 104 cm³/mol. The lowest BCUT2D eigenvalue weighted by molar-refractivity contribution is 0.460. The number of halogens is 1. The Morgan fingerprint density at radius 3 is 2.50 bits per heavy atom. The normalized spacial score (nSPS) is 11.2. The van der Waals surface area contributed by atoms with Gasteiger partial charge in [0.05, 0.1) is 0 Å². The third-order valence-electron chi connectivity index (χ3n) is 4.40. The first-order chi connectivity index (χ1) is 12.6. The Morgan fingerprint density at radius 2 is 1.69 bits per heavy atom. The van der Waals surface area contributed by atoms with Crippen molar-refractivity contribution < 1.29 is 5.11 Å². The summed E-state index contributed by atoms with van der Waals surface area (Å²) in [6.45, 7) is 2.01. The van der Waals surface area contributed by atoms with E-state index in [0.717, 1.165) is 29.5 Å². The lowest BCUT2D eigenvalue weighted by Crippen LogP contribution is -2.02. The molecule has 0 saturated heterocycles. The number of hydrogen-bond donors (Lipinski definition) is 1. The van der Waals surface area contributed by atoms with Gasteiger partial charge in [-0.05, 0) is 60.7 Å². The molecule has 1 aromatic heterocycles. The average Bonchev–Trinajstić information content (AvgIpc) is 3.06. The highest BCUT2D eigenvalue weighted by Crippen LogP contribution is 2.29. The second-order valence-electron chi connectivity index (χ2n) is 6.40. The Bertz CT molecular complexity index is 1070. The Kier molecular flexibility index (Phi) is 4.35. The summed E-state index contributed by atoms with van der Waals surface area (Å²) in [5, 5.41) is 20.3. The van der Waals surface area contributed by atoms with Crippen LogP contribution < -0.4 is 0 Å². The quantitative estimate of drug-likeness (QED) is 0.562. The van der Waals surface area contributed by atoms with Crippen molar-refractivity contribution in [2.75, 3.05) is 0 Å². The maximum Gasteiger partial charge on any atom is 0.146 e. The van der Waals surface area contributed by atoms with Crippen molar-refractivity contribution >= 4 is 22.6 Å². The zero-order chi connectivity index (χ0) is 18.1. The second-order valence-corrected chi connectivity index (χ2v) is 6.84. The number of nitrogens with zero attached hydrogens (tertiary/aromatic N) is 3. The minimum atomic E-state index is 0.220. The topological polar surface area (TPSA) is 50.9 Å². The summed E-state index contributed by atoms with van der Waals surface area (Å²) in [5.41, 5.74) is 5.21. The van der Waals surface area contributed by atoms with Gasteiger partial charge in [-0.2, -0.15) is 0 Å². The molecule has 1 heterocycles. The molecule has 0 bridgehead atoms. The average molecular weight is 364 g/mol. The summed E-state index contributed by atoms with van der Waals surface area (Å²) in [5.74, 6) is 0.220. The molecule has 0 amide bonds. The van der Waals surface area contributed by atoms with Crippen LogP contribution in [0, 0.1) is 6.92 Å². The first-order valence-electron chi connectivity index (χ1n) is 8.49. The van der Waals surface area contributed by atoms with Crippen molar-refractivity contribution in [3.63, 3.8) is 0 Å². The molecular formula is C21H18ClN3O. The SMILES string of the molecule is Cc1cc(CCc2ccccc2)c(O)c(-n2nc3ccc(Cl)cc3n2)c1. The Hall–Kier alpha value is -2.85. The van der Waals surface area contributed by atoms with Crippen LogP contribution in [-0.4, -0.2) is 20.1 Å². The van der Waals surface area contributed by atoms with Crippen LogP contribution in [0.4, 0.5) is 0 Å². The van der Waals surface area contributed by atoms with Crippen molar-refractivity contribution in [3.05, 3.63) is 82.4 Å². The molecule has 3 aromatic carbocycles. The van der Waals surface area contributed by atoms with Crippen LogP contribution in [0.1, 0.15) is 16.7 Å². The summed E-state index contributed by atoms with van der Waals surface area (Å²) in [4.78, 5) is 1.48. The van der Waals surface area contributed by atoms with Gasteiger partial charge >= 0.3 is 0 Å². The lowest BCUT2D eigenvalue weighted by Gasteiger charge is -2.11. The summed E-state index contributed by atoms with van der Waals surface area (Å²) in [6, 6.07) is 19.5. The maximum atomic E-state index is 10.8. The third kappa shape index (κ3) is 3.28. The number of phenols is 1. The van der Waals surface area contributed by atoms with E-state index in [1.54, 1.807) is 12.1 Å². The number of aromatic nitrogens is 3. The number of aryl methyl sites for hydroxylation is 3. The van der Waals surface area contributed by atoms with E-state index in [9.17, 15) is 5.11 Å². The van der Waals surface area contributed by atoms with Crippen molar-refractivity contribution in [1.82, 2.24) is 15.0 Å². The van der Waals surface area contributed by atoms with Crippen LogP contribution in [0.3, 0.4) is 0 Å². The molecule has 0 atom stereocenters. The van der Waals surface area contributed by atoms with Crippen LogP contribution in [0.15, 0.2) is 60.7 Å². The molecule has 0 saturated carbocycles. The van der Waals surface area contributed by atoms with E-state index in [-0.39, 0.29) is 5.75 Å². The Labute approximate surface area is 156 Å². The van der Waals surface area contributed by atoms with Crippen molar-refractivity contribution in [2.45, 2.75) is 19.8 Å². The predicted octanol–water partition coefficient (Wildman–Crippen LogP) is 4.87. The third-order valence-corrected chi connectivity index (χ3v) is 4.63. The lowest BCUT2D eigenvalue weighted by atomic mass is 10.0. The van der Waals surface area contributed by atoms with Crippen molar-refractivity contribution in [3.8, 4) is 11.4 Å². The number of rotatable bonds is 4. The van der Waals surface area contributed by atoms with Gasteiger partial charge in [0.2, 0.25) is 0 Å². The molecule has 0 aliphatic rings. The largest absolute Gasteiger partial charge is 0.505 e. The molecule has 0 unspecified atom stereocenters. The van der Waals surface area contributed by atoms with Crippen LogP contribution in [0.5, 0.6) is 5.75 Å². The van der Waals surface area contributed by atoms with Crippen LogP contribution in [-0.2, 0) is 12.8 Å². The molecule has 4 rings (SSSR count). The van der Waals surface area contributed by atoms with Gasteiger partial charge in [-0.25, -0.2) is 0 Å². The van der Waals surface area contributed by atoms with E-state index in [1.807, 2.05) is 43.3 Å². The van der Waals surface area contributed by atoms with E-state index >= 15 is 0 Å². The molecule has 130 valence electrons. The number of phenolic OH excluding ortho intramolecular Hbond substituents is 1. The summed E-state index contributed by atoms with van der Waals surface area (Å²) >= 11 is 6.03. The van der Waals surface area contributed by atoms with Gasteiger partial charge in [0.1, 0.15) is 22.5 Å². The van der Waals surface area contributed by atoms with Gasteiger partial charge in [-0.3, -0.25) is 0 Å². The Balaban J connectivity index is 1.70. The molecular weight excluding hydrogens is 346 g/mol. The first-order valence-corrected chi connectivity index (χ1v) is 8.87. The van der Waals surface area contributed by atoms with Gasteiger partial charge in [-0.1, -0.05) is 48.0 Å². The molecule has 26 heavy (non-hydrogen) atoms. The van der Waals surface area contributed by atoms with Crippen LogP contribution in [0.2, 0.25) is 5.02 Å². The number of benzene rings is 3. The van der Waals surface area contributed by atoms with Crippen molar-refractivity contribution in [2.24, 2.45) is 0 Å². The number of hydrogen-bond acceptors (Lipinski definition) is 3. The summed E-state index contributed by atoms with van der Waals surface area (Å²) < 4.78 is 0. The highest BCUT2D eigenvalue weighted by molar-refractivity contribution is 6.31. The molecule has 5 heteroatoms. The molecule has 1 N–H and O–H groups in total. The number of fused-ring (bicyclic) bond motifs is 1. The van der Waals surface area contributed by atoms with E-state index < -0.39 is 0 Å². The Morgan fingerprint density at radius 1 is 0.923 bits per heavy atom. The van der Waals surface area contributed by atoms with Crippen molar-refractivity contribution in [1.29, 1.82) is 0 Å². The standard InChI is InChI=1S/C21H18ClN3O/c1-14-11-16(8-7-15-5-3-2-4-6-15)21(26)20(12-14)25-23-18-10-9-17(22)13-19(18)24-25/h2-6,9-13,26H,7-8H2,1H3. The molecule has 0 aliphatic carbocycles. The highest BCUT2D eigenvalue weighted by atomic mass is 35.5. The smallest absolute Gasteiger partial charge is 0.146 e. The van der Waals surface area contributed by atoms with Crippen LogP contribution in [0.25, 0.3) is 16.7 Å². The summed E-state index contributed by atoms with van der Waals surface area (Å²) in [7, 11) is 0. The highest BCUT2D eigenvalue weighted by Gasteiger charge is 2.14.